The molecule has 1 aromatic carbocycles. The summed E-state index contributed by atoms with van der Waals surface area (Å²) in [6.07, 6.45) is 3.26. The van der Waals surface area contributed by atoms with Crippen LogP contribution >= 0.6 is 0 Å². The number of hydrogen-bond donors (Lipinski definition) is 1. The van der Waals surface area contributed by atoms with E-state index in [9.17, 15) is 9.59 Å². The highest BCUT2D eigenvalue weighted by molar-refractivity contribution is 5.99. The van der Waals surface area contributed by atoms with Crippen molar-refractivity contribution in [3.63, 3.8) is 0 Å². The Morgan fingerprint density at radius 1 is 1.17 bits per heavy atom. The molecular weight excluding hydrogens is 302 g/mol. The maximum atomic E-state index is 12.3. The molecule has 124 valence electrons. The lowest BCUT2D eigenvalue weighted by atomic mass is 10.0. The van der Waals surface area contributed by atoms with E-state index >= 15 is 0 Å². The summed E-state index contributed by atoms with van der Waals surface area (Å²) in [4.78, 5) is 30.4. The second-order valence-electron chi connectivity index (χ2n) is 7.20. The van der Waals surface area contributed by atoms with E-state index in [1.807, 2.05) is 39.0 Å². The van der Waals surface area contributed by atoms with Gasteiger partial charge in [-0.1, -0.05) is 12.1 Å². The van der Waals surface area contributed by atoms with Crippen LogP contribution in [-0.4, -0.2) is 34.3 Å². The quantitative estimate of drug-likeness (QED) is 0.924. The van der Waals surface area contributed by atoms with Crippen LogP contribution in [0.2, 0.25) is 0 Å². The Balaban J connectivity index is 1.93. The average Bonchev–Trinajstić information content (AvgIpc) is 2.80. The molecule has 1 aliphatic rings. The molecule has 0 unspecified atom stereocenters. The van der Waals surface area contributed by atoms with Crippen molar-refractivity contribution >= 4 is 11.8 Å². The molecule has 0 atom stereocenters. The number of fused-ring (bicyclic) bond motifs is 1. The fraction of sp³-hybridized carbons (Fsp3) is 0.316. The van der Waals surface area contributed by atoms with Gasteiger partial charge in [0, 0.05) is 42.7 Å². The molecule has 5 heteroatoms. The molecule has 0 bridgehead atoms. The highest BCUT2D eigenvalue weighted by atomic mass is 16.2. The van der Waals surface area contributed by atoms with Crippen LogP contribution in [0.3, 0.4) is 0 Å². The zero-order chi connectivity index (χ0) is 17.5. The van der Waals surface area contributed by atoms with Gasteiger partial charge in [0.15, 0.2) is 0 Å². The Kier molecular flexibility index (Phi) is 3.87. The highest BCUT2D eigenvalue weighted by Gasteiger charge is 2.24. The molecule has 0 radical (unpaired) electrons. The van der Waals surface area contributed by atoms with Crippen LogP contribution in [0.1, 0.15) is 47.1 Å². The van der Waals surface area contributed by atoms with E-state index in [2.05, 4.69) is 10.3 Å². The molecule has 24 heavy (non-hydrogen) atoms. The first kappa shape index (κ1) is 16.2. The molecular formula is C19H21N3O2. The van der Waals surface area contributed by atoms with Crippen LogP contribution in [0.4, 0.5) is 0 Å². The number of nitrogens with one attached hydrogen (secondary N) is 1. The minimum atomic E-state index is -0.308. The predicted molar refractivity (Wildman–Crippen MR) is 92.7 cm³/mol. The molecule has 1 N–H and O–H groups in total. The largest absolute Gasteiger partial charge is 0.347 e. The van der Waals surface area contributed by atoms with E-state index in [1.54, 1.807) is 30.4 Å². The summed E-state index contributed by atoms with van der Waals surface area (Å²) in [7, 11) is 1.79. The summed E-state index contributed by atoms with van der Waals surface area (Å²) < 4.78 is 0. The third-order valence-corrected chi connectivity index (χ3v) is 3.92. The van der Waals surface area contributed by atoms with Crippen molar-refractivity contribution in [2.45, 2.75) is 32.9 Å². The van der Waals surface area contributed by atoms with Crippen molar-refractivity contribution in [3.8, 4) is 11.1 Å². The second-order valence-corrected chi connectivity index (χ2v) is 7.20. The van der Waals surface area contributed by atoms with Gasteiger partial charge in [0.1, 0.15) is 0 Å². The van der Waals surface area contributed by atoms with Gasteiger partial charge >= 0.3 is 0 Å². The van der Waals surface area contributed by atoms with E-state index in [-0.39, 0.29) is 17.4 Å². The molecule has 1 aromatic heterocycles. The van der Waals surface area contributed by atoms with E-state index in [0.29, 0.717) is 12.1 Å². The van der Waals surface area contributed by atoms with Crippen LogP contribution in [0.25, 0.3) is 11.1 Å². The minimum Gasteiger partial charge on any atom is -0.347 e. The Labute approximate surface area is 141 Å². The van der Waals surface area contributed by atoms with Crippen molar-refractivity contribution < 1.29 is 9.59 Å². The fourth-order valence-corrected chi connectivity index (χ4v) is 2.76. The maximum absolute atomic E-state index is 12.3. The van der Waals surface area contributed by atoms with Crippen LogP contribution < -0.4 is 5.32 Å². The van der Waals surface area contributed by atoms with Crippen LogP contribution in [0.15, 0.2) is 36.7 Å². The lowest BCUT2D eigenvalue weighted by Gasteiger charge is -2.20. The number of hydrogen-bond acceptors (Lipinski definition) is 3. The number of pyridine rings is 1. The Morgan fingerprint density at radius 2 is 1.92 bits per heavy atom. The van der Waals surface area contributed by atoms with Crippen molar-refractivity contribution in [1.82, 2.24) is 15.2 Å². The lowest BCUT2D eigenvalue weighted by molar-refractivity contribution is 0.0816. The first-order valence-electron chi connectivity index (χ1n) is 7.91. The summed E-state index contributed by atoms with van der Waals surface area (Å²) in [5.41, 5.74) is 3.65. The van der Waals surface area contributed by atoms with Gasteiger partial charge in [-0.05, 0) is 44.0 Å². The predicted octanol–water partition coefficient (Wildman–Crippen LogP) is 2.86. The number of nitrogens with zero attached hydrogens (tertiary/aromatic N) is 2. The van der Waals surface area contributed by atoms with Gasteiger partial charge in [0.05, 0.1) is 5.56 Å². The molecule has 0 aliphatic carbocycles. The molecule has 5 nitrogen and oxygen atoms in total. The Bertz CT molecular complexity index is 822. The molecule has 0 saturated heterocycles. The molecule has 0 saturated carbocycles. The first-order valence-corrected chi connectivity index (χ1v) is 7.91. The van der Waals surface area contributed by atoms with E-state index in [1.165, 1.54) is 0 Å². The molecule has 0 fully saturated rings. The molecule has 2 heterocycles. The zero-order valence-electron chi connectivity index (χ0n) is 14.4. The number of carbonyl (C=O) groups is 2. The standard InChI is InChI=1S/C19H21N3O2/c1-19(2,3)21-17(23)15-7-14(9-20-10-15)12-5-6-13-11-22(4)18(24)16(13)8-12/h5-10H,11H2,1-4H3,(H,21,23). The highest BCUT2D eigenvalue weighted by Crippen LogP contribution is 2.28. The van der Waals surface area contributed by atoms with Gasteiger partial charge in [-0.25, -0.2) is 0 Å². The topological polar surface area (TPSA) is 62.3 Å². The smallest absolute Gasteiger partial charge is 0.254 e. The van der Waals surface area contributed by atoms with Crippen LogP contribution in [0, 0.1) is 0 Å². The number of benzene rings is 1. The maximum Gasteiger partial charge on any atom is 0.254 e. The summed E-state index contributed by atoms with van der Waals surface area (Å²) in [6, 6.07) is 7.62. The normalized spacial score (nSPS) is 13.8. The van der Waals surface area contributed by atoms with E-state index in [4.69, 9.17) is 0 Å². The molecule has 1 aliphatic heterocycles. The lowest BCUT2D eigenvalue weighted by Crippen LogP contribution is -2.40. The van der Waals surface area contributed by atoms with Gasteiger partial charge in [-0.3, -0.25) is 14.6 Å². The fourth-order valence-electron chi connectivity index (χ4n) is 2.76. The summed E-state index contributed by atoms with van der Waals surface area (Å²) in [5.74, 6) is -0.129. The molecule has 2 aromatic rings. The number of aromatic nitrogens is 1. The van der Waals surface area contributed by atoms with E-state index in [0.717, 1.165) is 22.3 Å². The molecule has 3 rings (SSSR count). The Morgan fingerprint density at radius 3 is 2.62 bits per heavy atom. The first-order chi connectivity index (χ1) is 11.2. The van der Waals surface area contributed by atoms with E-state index < -0.39 is 0 Å². The SMILES string of the molecule is CN1Cc2ccc(-c3cncc(C(=O)NC(C)(C)C)c3)cc2C1=O. The van der Waals surface area contributed by atoms with Crippen molar-refractivity contribution in [2.75, 3.05) is 7.05 Å². The summed E-state index contributed by atoms with van der Waals surface area (Å²) in [5, 5.41) is 2.93. The molecule has 2 amide bonds. The van der Waals surface area contributed by atoms with Crippen molar-refractivity contribution in [2.24, 2.45) is 0 Å². The summed E-state index contributed by atoms with van der Waals surface area (Å²) in [6.45, 7) is 6.45. The van der Waals surface area contributed by atoms with Gasteiger partial charge in [0.2, 0.25) is 0 Å². The zero-order valence-corrected chi connectivity index (χ0v) is 14.4. The number of carbonyl (C=O) groups excluding carboxylic acids is 2. The Hall–Kier alpha value is -2.69. The van der Waals surface area contributed by atoms with Crippen molar-refractivity contribution in [1.29, 1.82) is 0 Å². The van der Waals surface area contributed by atoms with Gasteiger partial charge in [0.25, 0.3) is 11.8 Å². The monoisotopic (exact) mass is 323 g/mol. The van der Waals surface area contributed by atoms with Gasteiger partial charge < -0.3 is 10.2 Å². The number of rotatable bonds is 2. The number of amides is 2. The summed E-state index contributed by atoms with van der Waals surface area (Å²) >= 11 is 0. The average molecular weight is 323 g/mol. The third kappa shape index (κ3) is 3.15. The second kappa shape index (κ2) is 5.74. The van der Waals surface area contributed by atoms with Crippen LogP contribution in [-0.2, 0) is 6.54 Å². The molecule has 0 spiro atoms. The van der Waals surface area contributed by atoms with Gasteiger partial charge in [-0.2, -0.15) is 0 Å². The minimum absolute atomic E-state index is 0.0291. The van der Waals surface area contributed by atoms with Gasteiger partial charge in [-0.15, -0.1) is 0 Å². The third-order valence-electron chi connectivity index (χ3n) is 3.92. The van der Waals surface area contributed by atoms with Crippen molar-refractivity contribution in [3.05, 3.63) is 53.3 Å². The van der Waals surface area contributed by atoms with Crippen LogP contribution in [0.5, 0.6) is 0 Å².